The third kappa shape index (κ3) is 5.47. The number of carbonyl (C=O) groups excluding carboxylic acids is 2. The van der Waals surface area contributed by atoms with Crippen LogP contribution in [0.2, 0.25) is 0 Å². The molecular formula is C21H21BrF2N2O4. The quantitative estimate of drug-likeness (QED) is 0.538. The Morgan fingerprint density at radius 1 is 1.07 bits per heavy atom. The Morgan fingerprint density at radius 2 is 1.70 bits per heavy atom. The molecule has 3 amide bonds. The van der Waals surface area contributed by atoms with Crippen molar-refractivity contribution in [3.63, 3.8) is 0 Å². The number of alkyl halides is 2. The Balaban J connectivity index is 1.52. The molecular weight excluding hydrogens is 462 g/mol. The van der Waals surface area contributed by atoms with Crippen LogP contribution >= 0.6 is 15.9 Å². The highest BCUT2D eigenvalue weighted by molar-refractivity contribution is 9.10. The van der Waals surface area contributed by atoms with Crippen LogP contribution in [0.5, 0.6) is 11.5 Å². The van der Waals surface area contributed by atoms with Crippen molar-refractivity contribution in [1.82, 2.24) is 10.2 Å². The minimum absolute atomic E-state index is 0.0714. The van der Waals surface area contributed by atoms with Gasteiger partial charge in [-0.25, -0.2) is 4.79 Å². The van der Waals surface area contributed by atoms with Crippen molar-refractivity contribution < 1.29 is 27.8 Å². The molecule has 1 saturated heterocycles. The molecule has 1 fully saturated rings. The topological polar surface area (TPSA) is 67.9 Å². The normalized spacial score (nSPS) is 18.6. The summed E-state index contributed by atoms with van der Waals surface area (Å²) in [6.45, 7) is -0.880. The van der Waals surface area contributed by atoms with Gasteiger partial charge in [0, 0.05) is 4.47 Å². The number of hydrogen-bond donors (Lipinski definition) is 1. The summed E-state index contributed by atoms with van der Waals surface area (Å²) < 4.78 is 35.3. The van der Waals surface area contributed by atoms with Crippen LogP contribution in [0.1, 0.15) is 18.9 Å². The van der Waals surface area contributed by atoms with E-state index >= 15 is 0 Å². The fourth-order valence-corrected chi connectivity index (χ4v) is 3.40. The van der Waals surface area contributed by atoms with Gasteiger partial charge in [0.1, 0.15) is 23.6 Å². The maximum absolute atomic E-state index is 12.8. The molecule has 1 unspecified atom stereocenters. The van der Waals surface area contributed by atoms with Crippen LogP contribution in [-0.4, -0.2) is 42.1 Å². The Hall–Kier alpha value is -2.68. The SMILES string of the molecule is CC1(CCc2ccc(OC(F)F)cc2)NC(=O)N(CCOc2ccc(Br)cc2)C1=O. The Kier molecular flexibility index (Phi) is 6.91. The maximum Gasteiger partial charge on any atom is 0.387 e. The third-order valence-electron chi connectivity index (χ3n) is 4.80. The van der Waals surface area contributed by atoms with Gasteiger partial charge in [-0.2, -0.15) is 8.78 Å². The van der Waals surface area contributed by atoms with Gasteiger partial charge in [-0.15, -0.1) is 0 Å². The van der Waals surface area contributed by atoms with Crippen LogP contribution in [0.3, 0.4) is 0 Å². The molecule has 0 bridgehead atoms. The third-order valence-corrected chi connectivity index (χ3v) is 5.33. The van der Waals surface area contributed by atoms with E-state index in [1.807, 2.05) is 12.1 Å². The number of aryl methyl sites for hydroxylation is 1. The molecule has 0 saturated carbocycles. The van der Waals surface area contributed by atoms with E-state index in [1.54, 1.807) is 31.2 Å². The number of rotatable bonds is 9. The maximum atomic E-state index is 12.8. The number of carbonyl (C=O) groups is 2. The van der Waals surface area contributed by atoms with Crippen molar-refractivity contribution in [2.45, 2.75) is 31.9 Å². The number of halogens is 3. The highest BCUT2D eigenvalue weighted by atomic mass is 79.9. The predicted molar refractivity (Wildman–Crippen MR) is 110 cm³/mol. The first-order chi connectivity index (χ1) is 14.3. The van der Waals surface area contributed by atoms with Crippen LogP contribution in [0.4, 0.5) is 13.6 Å². The number of imide groups is 1. The lowest BCUT2D eigenvalue weighted by molar-refractivity contribution is -0.131. The van der Waals surface area contributed by atoms with Gasteiger partial charge in [-0.3, -0.25) is 9.69 Å². The Bertz CT molecular complexity index is 893. The lowest BCUT2D eigenvalue weighted by Crippen LogP contribution is -2.44. The fourth-order valence-electron chi connectivity index (χ4n) is 3.14. The highest BCUT2D eigenvalue weighted by Gasteiger charge is 2.47. The van der Waals surface area contributed by atoms with Crippen molar-refractivity contribution in [3.8, 4) is 11.5 Å². The first-order valence-corrected chi connectivity index (χ1v) is 10.1. The van der Waals surface area contributed by atoms with Crippen LogP contribution in [0.15, 0.2) is 53.0 Å². The number of ether oxygens (including phenoxy) is 2. The summed E-state index contributed by atoms with van der Waals surface area (Å²) in [6, 6.07) is 13.0. The first-order valence-electron chi connectivity index (χ1n) is 9.33. The van der Waals surface area contributed by atoms with E-state index < -0.39 is 18.2 Å². The Labute approximate surface area is 181 Å². The van der Waals surface area contributed by atoms with E-state index in [0.29, 0.717) is 18.6 Å². The molecule has 2 aromatic rings. The van der Waals surface area contributed by atoms with E-state index in [2.05, 4.69) is 26.0 Å². The van der Waals surface area contributed by atoms with Gasteiger partial charge < -0.3 is 14.8 Å². The van der Waals surface area contributed by atoms with Gasteiger partial charge in [0.15, 0.2) is 0 Å². The smallest absolute Gasteiger partial charge is 0.387 e. The van der Waals surface area contributed by atoms with E-state index in [1.165, 1.54) is 12.1 Å². The molecule has 1 aliphatic rings. The van der Waals surface area contributed by atoms with Gasteiger partial charge in [0.05, 0.1) is 6.54 Å². The number of nitrogens with zero attached hydrogens (tertiary/aromatic N) is 1. The van der Waals surface area contributed by atoms with E-state index in [9.17, 15) is 18.4 Å². The van der Waals surface area contributed by atoms with E-state index in [0.717, 1.165) is 14.9 Å². The van der Waals surface area contributed by atoms with Gasteiger partial charge in [0.2, 0.25) is 0 Å². The number of benzene rings is 2. The van der Waals surface area contributed by atoms with Crippen molar-refractivity contribution in [3.05, 3.63) is 58.6 Å². The monoisotopic (exact) mass is 482 g/mol. The predicted octanol–water partition coefficient (Wildman–Crippen LogP) is 4.37. The van der Waals surface area contributed by atoms with Gasteiger partial charge in [-0.05, 0) is 61.7 Å². The molecule has 3 rings (SSSR count). The zero-order valence-electron chi connectivity index (χ0n) is 16.2. The molecule has 1 N–H and O–H groups in total. The second-order valence-corrected chi connectivity index (χ2v) is 7.96. The first kappa shape index (κ1) is 22.0. The molecule has 0 spiro atoms. The van der Waals surface area contributed by atoms with Gasteiger partial charge in [0.25, 0.3) is 5.91 Å². The molecule has 160 valence electrons. The summed E-state index contributed by atoms with van der Waals surface area (Å²) >= 11 is 3.34. The average molecular weight is 483 g/mol. The molecule has 1 heterocycles. The lowest BCUT2D eigenvalue weighted by atomic mass is 9.93. The molecule has 6 nitrogen and oxygen atoms in total. The molecule has 0 aliphatic carbocycles. The van der Waals surface area contributed by atoms with Crippen LogP contribution in [-0.2, 0) is 11.2 Å². The molecule has 0 aromatic heterocycles. The van der Waals surface area contributed by atoms with Gasteiger partial charge in [-0.1, -0.05) is 28.1 Å². The molecule has 1 aliphatic heterocycles. The van der Waals surface area contributed by atoms with Crippen LogP contribution in [0.25, 0.3) is 0 Å². The largest absolute Gasteiger partial charge is 0.492 e. The Morgan fingerprint density at radius 3 is 2.33 bits per heavy atom. The van der Waals surface area contributed by atoms with Gasteiger partial charge >= 0.3 is 12.6 Å². The van der Waals surface area contributed by atoms with Crippen molar-refractivity contribution in [1.29, 1.82) is 0 Å². The highest BCUT2D eigenvalue weighted by Crippen LogP contribution is 2.24. The van der Waals surface area contributed by atoms with Crippen molar-refractivity contribution in [2.24, 2.45) is 0 Å². The molecule has 2 aromatic carbocycles. The molecule has 30 heavy (non-hydrogen) atoms. The zero-order chi connectivity index (χ0) is 21.7. The van der Waals surface area contributed by atoms with Crippen LogP contribution < -0.4 is 14.8 Å². The van der Waals surface area contributed by atoms with E-state index in [4.69, 9.17) is 4.74 Å². The van der Waals surface area contributed by atoms with Crippen LogP contribution in [0, 0.1) is 0 Å². The number of nitrogens with one attached hydrogen (secondary N) is 1. The summed E-state index contributed by atoms with van der Waals surface area (Å²) in [7, 11) is 0. The van der Waals surface area contributed by atoms with Crippen molar-refractivity contribution in [2.75, 3.05) is 13.2 Å². The fraction of sp³-hybridized carbons (Fsp3) is 0.333. The summed E-state index contributed by atoms with van der Waals surface area (Å²) in [4.78, 5) is 26.2. The summed E-state index contributed by atoms with van der Waals surface area (Å²) in [6.07, 6.45) is 0.859. The lowest BCUT2D eigenvalue weighted by Gasteiger charge is -2.21. The summed E-state index contributed by atoms with van der Waals surface area (Å²) in [5, 5.41) is 2.75. The minimum atomic E-state index is -2.88. The van der Waals surface area contributed by atoms with Crippen molar-refractivity contribution >= 4 is 27.9 Å². The molecule has 9 heteroatoms. The van der Waals surface area contributed by atoms with E-state index in [-0.39, 0.29) is 24.8 Å². The summed E-state index contributed by atoms with van der Waals surface area (Å²) in [5.41, 5.74) is -0.191. The number of urea groups is 1. The average Bonchev–Trinajstić information content (AvgIpc) is 2.92. The zero-order valence-corrected chi connectivity index (χ0v) is 17.8. The second kappa shape index (κ2) is 9.42. The molecule has 0 radical (unpaired) electrons. The minimum Gasteiger partial charge on any atom is -0.492 e. The second-order valence-electron chi connectivity index (χ2n) is 7.04. The number of amides is 3. The standard InChI is InChI=1S/C21H21BrF2N2O4/c1-21(11-10-14-2-6-17(7-3-14)30-19(23)24)18(27)26(20(28)25-21)12-13-29-16-8-4-15(22)5-9-16/h2-9,19H,10-13H2,1H3,(H,25,28). The summed E-state index contributed by atoms with van der Waals surface area (Å²) in [5.74, 6) is 0.402. The molecule has 1 atom stereocenters. The number of hydrogen-bond acceptors (Lipinski definition) is 4.